The van der Waals surface area contributed by atoms with Crippen molar-refractivity contribution in [2.75, 3.05) is 16.8 Å². The van der Waals surface area contributed by atoms with E-state index >= 15 is 0 Å². The average molecular weight is 436 g/mol. The third kappa shape index (κ3) is 4.45. The van der Waals surface area contributed by atoms with Crippen LogP contribution in [0, 0.1) is 6.92 Å². The molecule has 0 aliphatic carbocycles. The van der Waals surface area contributed by atoms with Crippen LogP contribution in [0.1, 0.15) is 50.8 Å². The Bertz CT molecular complexity index is 1130. The molecule has 7 heteroatoms. The molecular formula is C24H22ClN3O3. The number of halogens is 1. The van der Waals surface area contributed by atoms with Gasteiger partial charge in [-0.2, -0.15) is 0 Å². The molecule has 0 spiro atoms. The number of nitrogens with one attached hydrogen (secondary N) is 1. The van der Waals surface area contributed by atoms with Crippen LogP contribution in [-0.4, -0.2) is 28.4 Å². The lowest BCUT2D eigenvalue weighted by atomic mass is 10.0. The topological polar surface area (TPSA) is 82.5 Å². The number of nitrogens with zero attached hydrogens (tertiary/aromatic N) is 2. The quantitative estimate of drug-likeness (QED) is 0.620. The number of amides is 2. The van der Waals surface area contributed by atoms with Gasteiger partial charge in [-0.25, -0.2) is 4.98 Å². The highest BCUT2D eigenvalue weighted by atomic mass is 35.5. The molecule has 4 rings (SSSR count). The number of benzene rings is 2. The van der Waals surface area contributed by atoms with Gasteiger partial charge in [0, 0.05) is 34.6 Å². The molecule has 0 saturated carbocycles. The normalized spacial score (nSPS) is 15.7. The first-order valence-corrected chi connectivity index (χ1v) is 10.4. The second-order valence-corrected chi connectivity index (χ2v) is 7.96. The smallest absolute Gasteiger partial charge is 0.259 e. The summed E-state index contributed by atoms with van der Waals surface area (Å²) in [5.41, 5.74) is 3.13. The van der Waals surface area contributed by atoms with Crippen LogP contribution in [0.3, 0.4) is 0 Å². The number of anilines is 2. The summed E-state index contributed by atoms with van der Waals surface area (Å²) in [5.74, 6) is -0.109. The van der Waals surface area contributed by atoms with Gasteiger partial charge < -0.3 is 15.3 Å². The number of pyridine rings is 1. The third-order valence-corrected chi connectivity index (χ3v) is 5.62. The minimum absolute atomic E-state index is 0.220. The van der Waals surface area contributed by atoms with E-state index in [1.807, 2.05) is 19.1 Å². The van der Waals surface area contributed by atoms with Crippen molar-refractivity contribution in [2.45, 2.75) is 25.9 Å². The fourth-order valence-corrected chi connectivity index (χ4v) is 3.91. The van der Waals surface area contributed by atoms with Gasteiger partial charge >= 0.3 is 0 Å². The van der Waals surface area contributed by atoms with Gasteiger partial charge in [0.05, 0.1) is 11.7 Å². The number of carbonyl (C=O) groups is 2. The molecule has 1 unspecified atom stereocenters. The highest BCUT2D eigenvalue weighted by Crippen LogP contribution is 2.35. The Labute approximate surface area is 185 Å². The van der Waals surface area contributed by atoms with Crippen LogP contribution in [-0.2, 0) is 0 Å². The van der Waals surface area contributed by atoms with E-state index in [9.17, 15) is 14.7 Å². The number of aromatic nitrogens is 1. The van der Waals surface area contributed by atoms with Crippen molar-refractivity contribution in [3.63, 3.8) is 0 Å². The lowest BCUT2D eigenvalue weighted by Gasteiger charge is -2.23. The van der Waals surface area contributed by atoms with E-state index in [2.05, 4.69) is 10.3 Å². The number of carbonyl (C=O) groups excluding carboxylic acids is 2. The minimum atomic E-state index is -0.663. The van der Waals surface area contributed by atoms with Crippen LogP contribution >= 0.6 is 11.6 Å². The Morgan fingerprint density at radius 2 is 1.97 bits per heavy atom. The molecule has 2 aromatic carbocycles. The molecule has 2 heterocycles. The summed E-state index contributed by atoms with van der Waals surface area (Å²) in [5, 5.41) is 13.7. The molecule has 1 aromatic heterocycles. The van der Waals surface area contributed by atoms with E-state index in [0.29, 0.717) is 52.6 Å². The van der Waals surface area contributed by atoms with Gasteiger partial charge in [-0.05, 0) is 61.7 Å². The van der Waals surface area contributed by atoms with Gasteiger partial charge in [-0.15, -0.1) is 0 Å². The van der Waals surface area contributed by atoms with Crippen molar-refractivity contribution in [3.8, 4) is 0 Å². The summed E-state index contributed by atoms with van der Waals surface area (Å²) >= 11 is 6.09. The predicted molar refractivity (Wildman–Crippen MR) is 121 cm³/mol. The van der Waals surface area contributed by atoms with E-state index in [1.165, 1.54) is 6.20 Å². The SMILES string of the molecule is Cc1ccccc1C(=O)Nc1ccc(C(=O)N2CCCC(O)c3cc(Cl)ccc32)cn1. The number of aliphatic hydroxyl groups is 1. The predicted octanol–water partition coefficient (Wildman–Crippen LogP) is 4.77. The Morgan fingerprint density at radius 3 is 2.71 bits per heavy atom. The molecule has 3 aromatic rings. The second kappa shape index (κ2) is 8.88. The van der Waals surface area contributed by atoms with Gasteiger partial charge in [0.1, 0.15) is 5.82 Å². The second-order valence-electron chi connectivity index (χ2n) is 7.52. The summed E-state index contributed by atoms with van der Waals surface area (Å²) in [7, 11) is 0. The fraction of sp³-hybridized carbons (Fsp3) is 0.208. The van der Waals surface area contributed by atoms with Gasteiger partial charge in [0.15, 0.2) is 0 Å². The number of rotatable bonds is 3. The molecule has 1 atom stereocenters. The lowest BCUT2D eigenvalue weighted by molar-refractivity contribution is 0.0985. The molecule has 0 fully saturated rings. The van der Waals surface area contributed by atoms with Gasteiger partial charge in [0.25, 0.3) is 11.8 Å². The van der Waals surface area contributed by atoms with Gasteiger partial charge in [-0.1, -0.05) is 29.8 Å². The fourth-order valence-electron chi connectivity index (χ4n) is 3.73. The maximum atomic E-state index is 13.2. The van der Waals surface area contributed by atoms with E-state index in [4.69, 9.17) is 11.6 Å². The molecule has 0 radical (unpaired) electrons. The van der Waals surface area contributed by atoms with Crippen molar-refractivity contribution < 1.29 is 14.7 Å². The van der Waals surface area contributed by atoms with E-state index in [1.54, 1.807) is 47.4 Å². The molecule has 6 nitrogen and oxygen atoms in total. The molecule has 2 N–H and O–H groups in total. The number of hydrogen-bond acceptors (Lipinski definition) is 4. The zero-order chi connectivity index (χ0) is 22.0. The Balaban J connectivity index is 1.54. The number of hydrogen-bond donors (Lipinski definition) is 2. The molecule has 0 bridgehead atoms. The van der Waals surface area contributed by atoms with Crippen LogP contribution in [0.25, 0.3) is 0 Å². The molecule has 2 amide bonds. The molecule has 1 aliphatic heterocycles. The first-order chi connectivity index (χ1) is 14.9. The summed E-state index contributed by atoms with van der Waals surface area (Å²) in [6, 6.07) is 15.7. The number of fused-ring (bicyclic) bond motifs is 1. The van der Waals surface area contributed by atoms with E-state index < -0.39 is 6.10 Å². The van der Waals surface area contributed by atoms with Gasteiger partial charge in [0.2, 0.25) is 0 Å². The summed E-state index contributed by atoms with van der Waals surface area (Å²) in [6.45, 7) is 2.35. The van der Waals surface area contributed by atoms with Crippen molar-refractivity contribution in [2.24, 2.45) is 0 Å². The highest BCUT2D eigenvalue weighted by Gasteiger charge is 2.26. The minimum Gasteiger partial charge on any atom is -0.388 e. The monoisotopic (exact) mass is 435 g/mol. The summed E-state index contributed by atoms with van der Waals surface area (Å²) < 4.78 is 0. The average Bonchev–Trinajstić information content (AvgIpc) is 2.92. The Morgan fingerprint density at radius 1 is 1.16 bits per heavy atom. The lowest BCUT2D eigenvalue weighted by Crippen LogP contribution is -2.31. The van der Waals surface area contributed by atoms with Crippen molar-refractivity contribution >= 4 is 34.9 Å². The van der Waals surface area contributed by atoms with Crippen molar-refractivity contribution in [1.82, 2.24) is 4.98 Å². The molecule has 1 aliphatic rings. The standard InChI is InChI=1S/C24H22ClN3O3/c1-15-5-2-3-6-18(15)23(30)27-22-11-8-16(14-26-22)24(31)28-12-4-7-21(29)19-13-17(25)9-10-20(19)28/h2-3,5-6,8-11,13-14,21,29H,4,7,12H2,1H3,(H,26,27,30). The highest BCUT2D eigenvalue weighted by molar-refractivity contribution is 6.30. The Hall–Kier alpha value is -3.22. The summed E-state index contributed by atoms with van der Waals surface area (Å²) in [4.78, 5) is 31.6. The van der Waals surface area contributed by atoms with E-state index in [-0.39, 0.29) is 11.8 Å². The number of aliphatic hydroxyl groups excluding tert-OH is 1. The summed E-state index contributed by atoms with van der Waals surface area (Å²) in [6.07, 6.45) is 2.01. The van der Waals surface area contributed by atoms with E-state index in [0.717, 1.165) is 5.56 Å². The zero-order valence-electron chi connectivity index (χ0n) is 17.0. The third-order valence-electron chi connectivity index (χ3n) is 5.39. The maximum absolute atomic E-state index is 13.2. The van der Waals surface area contributed by atoms with Crippen LogP contribution in [0.4, 0.5) is 11.5 Å². The Kier molecular flexibility index (Phi) is 6.02. The molecule has 158 valence electrons. The largest absolute Gasteiger partial charge is 0.388 e. The number of aryl methyl sites for hydroxylation is 1. The maximum Gasteiger partial charge on any atom is 0.259 e. The van der Waals surface area contributed by atoms with Crippen molar-refractivity contribution in [3.05, 3.63) is 88.1 Å². The van der Waals surface area contributed by atoms with Crippen LogP contribution in [0.15, 0.2) is 60.8 Å². The first kappa shape index (κ1) is 21.0. The first-order valence-electron chi connectivity index (χ1n) is 10.1. The molecular weight excluding hydrogens is 414 g/mol. The molecule has 31 heavy (non-hydrogen) atoms. The molecule has 0 saturated heterocycles. The van der Waals surface area contributed by atoms with Gasteiger partial charge in [-0.3, -0.25) is 9.59 Å². The van der Waals surface area contributed by atoms with Crippen molar-refractivity contribution in [1.29, 1.82) is 0 Å². The van der Waals surface area contributed by atoms with Crippen LogP contribution in [0.2, 0.25) is 5.02 Å². The zero-order valence-corrected chi connectivity index (χ0v) is 17.8. The van der Waals surface area contributed by atoms with Crippen LogP contribution < -0.4 is 10.2 Å². The van der Waals surface area contributed by atoms with Crippen LogP contribution in [0.5, 0.6) is 0 Å².